The van der Waals surface area contributed by atoms with Crippen molar-refractivity contribution in [2.75, 3.05) is 12.3 Å². The van der Waals surface area contributed by atoms with Crippen molar-refractivity contribution in [2.45, 2.75) is 0 Å². The van der Waals surface area contributed by atoms with Gasteiger partial charge < -0.3 is 1.43 Å². The molecule has 0 aromatic rings. The molecule has 0 aliphatic rings. The standard InChI is InChI=1S/C6H13O3P.Na.H/c1-3-5-10(7,8,9)6-4-2;;/h3-4,7-9H,1-2,5-6H2;;/q;+1;-1. The fourth-order valence-electron chi connectivity index (χ4n) is 0.604. The van der Waals surface area contributed by atoms with Crippen molar-refractivity contribution in [3.63, 3.8) is 0 Å². The quantitative estimate of drug-likeness (QED) is 0.265. The zero-order chi connectivity index (χ0) is 8.28. The van der Waals surface area contributed by atoms with E-state index in [4.69, 9.17) is 14.7 Å². The molecule has 0 rings (SSSR count). The predicted molar refractivity (Wildman–Crippen MR) is 44.8 cm³/mol. The second kappa shape index (κ2) is 4.73. The average molecular weight is 188 g/mol. The SMILES string of the molecule is C=CCP(O)(O)(O)CC=C.[H-].[Na+]. The van der Waals surface area contributed by atoms with Crippen molar-refractivity contribution in [1.29, 1.82) is 0 Å². The molecule has 0 aromatic carbocycles. The molecule has 0 aliphatic carbocycles. The average Bonchev–Trinajstić information content (AvgIpc) is 1.61. The van der Waals surface area contributed by atoms with Crippen LogP contribution < -0.4 is 29.6 Å². The summed E-state index contributed by atoms with van der Waals surface area (Å²) in [6, 6.07) is 0. The van der Waals surface area contributed by atoms with Crippen LogP contribution in [0.4, 0.5) is 0 Å². The first kappa shape index (κ1) is 14.3. The second-order valence-electron chi connectivity index (χ2n) is 2.28. The third-order valence-corrected chi connectivity index (χ3v) is 3.02. The Hall–Kier alpha value is 0.790. The van der Waals surface area contributed by atoms with Gasteiger partial charge in [0, 0.05) is 0 Å². The molecule has 0 radical (unpaired) electrons. The van der Waals surface area contributed by atoms with Crippen LogP contribution in [0.1, 0.15) is 1.43 Å². The maximum atomic E-state index is 9.08. The molecule has 0 spiro atoms. The second-order valence-corrected chi connectivity index (χ2v) is 5.69. The Morgan fingerprint density at radius 2 is 1.36 bits per heavy atom. The van der Waals surface area contributed by atoms with Gasteiger partial charge in [-0.2, -0.15) is 0 Å². The minimum absolute atomic E-state index is 0. The van der Waals surface area contributed by atoms with E-state index in [0.717, 1.165) is 0 Å². The molecule has 3 nitrogen and oxygen atoms in total. The molecule has 0 aromatic heterocycles. The molecule has 0 unspecified atom stereocenters. The van der Waals surface area contributed by atoms with Gasteiger partial charge in [0.25, 0.3) is 0 Å². The van der Waals surface area contributed by atoms with E-state index >= 15 is 0 Å². The Balaban J connectivity index is -0.000000405. The first-order valence-corrected chi connectivity index (χ1v) is 5.33. The topological polar surface area (TPSA) is 60.7 Å². The summed E-state index contributed by atoms with van der Waals surface area (Å²) in [5.74, 6) is 0. The van der Waals surface area contributed by atoms with E-state index < -0.39 is 7.28 Å². The third-order valence-electron chi connectivity index (χ3n) is 1.01. The Bertz CT molecular complexity index is 141. The zero-order valence-corrected chi connectivity index (χ0v) is 9.67. The van der Waals surface area contributed by atoms with Gasteiger partial charge in [0.1, 0.15) is 0 Å². The minimum Gasteiger partial charge on any atom is -1.00 e. The zero-order valence-electron chi connectivity index (χ0n) is 7.77. The molecule has 0 saturated carbocycles. The minimum atomic E-state index is -4.40. The molecule has 0 fully saturated rings. The van der Waals surface area contributed by atoms with Crippen LogP contribution in [0.2, 0.25) is 0 Å². The molecule has 3 N–H and O–H groups in total. The molecule has 0 heterocycles. The van der Waals surface area contributed by atoms with E-state index in [1.807, 2.05) is 0 Å². The smallest absolute Gasteiger partial charge is 1.00 e. The molecule has 11 heavy (non-hydrogen) atoms. The van der Waals surface area contributed by atoms with Gasteiger partial charge in [-0.05, 0) is 0 Å². The summed E-state index contributed by atoms with van der Waals surface area (Å²) >= 11 is 0. The van der Waals surface area contributed by atoms with Crippen molar-refractivity contribution in [1.82, 2.24) is 0 Å². The number of hydrogen-bond donors (Lipinski definition) is 3. The molecule has 5 heteroatoms. The number of allylic oxidation sites excluding steroid dienone is 2. The first-order chi connectivity index (χ1) is 4.39. The molecule has 62 valence electrons. The maximum absolute atomic E-state index is 9.08. The van der Waals surface area contributed by atoms with Crippen LogP contribution in [0.3, 0.4) is 0 Å². The van der Waals surface area contributed by atoms with E-state index in [1.54, 1.807) is 0 Å². The van der Waals surface area contributed by atoms with Crippen molar-refractivity contribution in [3.8, 4) is 0 Å². The van der Waals surface area contributed by atoms with Crippen molar-refractivity contribution in [3.05, 3.63) is 25.3 Å². The van der Waals surface area contributed by atoms with Gasteiger partial charge in [0.15, 0.2) is 0 Å². The van der Waals surface area contributed by atoms with Crippen LogP contribution in [0.5, 0.6) is 0 Å². The Morgan fingerprint density at radius 3 is 1.55 bits per heavy atom. The molecule has 0 aliphatic heterocycles. The molecular weight excluding hydrogens is 174 g/mol. The van der Waals surface area contributed by atoms with E-state index in [2.05, 4.69) is 13.2 Å². The molecule has 0 saturated heterocycles. The summed E-state index contributed by atoms with van der Waals surface area (Å²) in [5.41, 5.74) is 0. The summed E-state index contributed by atoms with van der Waals surface area (Å²) in [6.07, 6.45) is 2.22. The Labute approximate surface area is 90.4 Å². The van der Waals surface area contributed by atoms with E-state index in [9.17, 15) is 0 Å². The number of rotatable bonds is 4. The van der Waals surface area contributed by atoms with Crippen molar-refractivity contribution >= 4 is 7.28 Å². The Kier molecular flexibility index (Phi) is 6.16. The summed E-state index contributed by atoms with van der Waals surface area (Å²) in [5, 5.41) is 0. The van der Waals surface area contributed by atoms with Gasteiger partial charge in [-0.1, -0.05) is 0 Å². The van der Waals surface area contributed by atoms with Crippen LogP contribution >= 0.6 is 7.28 Å². The van der Waals surface area contributed by atoms with E-state index in [-0.39, 0.29) is 43.3 Å². The van der Waals surface area contributed by atoms with Gasteiger partial charge in [-0.25, -0.2) is 0 Å². The van der Waals surface area contributed by atoms with Crippen LogP contribution in [-0.2, 0) is 0 Å². The number of hydrogen-bond acceptors (Lipinski definition) is 3. The first-order valence-electron chi connectivity index (χ1n) is 2.87. The fraction of sp³-hybridized carbons (Fsp3) is 0.333. The molecular formula is C6H14NaO3P. The van der Waals surface area contributed by atoms with E-state index in [0.29, 0.717) is 0 Å². The largest absolute Gasteiger partial charge is 1.00 e. The molecule has 0 atom stereocenters. The van der Waals surface area contributed by atoms with Crippen molar-refractivity contribution in [2.24, 2.45) is 0 Å². The van der Waals surface area contributed by atoms with Crippen LogP contribution in [0.25, 0.3) is 0 Å². The Morgan fingerprint density at radius 1 is 1.09 bits per heavy atom. The van der Waals surface area contributed by atoms with Crippen molar-refractivity contribution < 1.29 is 45.7 Å². The normalized spacial score (nSPS) is 13.9. The summed E-state index contributed by atoms with van der Waals surface area (Å²) in [7, 11) is -4.40. The van der Waals surface area contributed by atoms with Gasteiger partial charge in [-0.3, -0.25) is 0 Å². The molecule has 0 bridgehead atoms. The maximum Gasteiger partial charge on any atom is 1.00 e. The van der Waals surface area contributed by atoms with Crippen LogP contribution in [-0.4, -0.2) is 27.0 Å². The van der Waals surface area contributed by atoms with Gasteiger partial charge >= 0.3 is 89.2 Å². The van der Waals surface area contributed by atoms with Gasteiger partial charge in [0.2, 0.25) is 0 Å². The van der Waals surface area contributed by atoms with Gasteiger partial charge in [0.05, 0.1) is 0 Å². The third kappa shape index (κ3) is 7.16. The summed E-state index contributed by atoms with van der Waals surface area (Å²) in [6.45, 7) is 6.58. The van der Waals surface area contributed by atoms with Gasteiger partial charge in [-0.15, -0.1) is 0 Å². The predicted octanol–water partition coefficient (Wildman–Crippen LogP) is -2.25. The summed E-state index contributed by atoms with van der Waals surface area (Å²) < 4.78 is 0. The molecule has 0 amide bonds. The summed E-state index contributed by atoms with van der Waals surface area (Å²) in [4.78, 5) is 27.2. The van der Waals surface area contributed by atoms with Crippen LogP contribution in [0.15, 0.2) is 25.3 Å². The van der Waals surface area contributed by atoms with Crippen LogP contribution in [0, 0.1) is 0 Å². The fourth-order valence-corrected chi connectivity index (χ4v) is 1.81. The monoisotopic (exact) mass is 188 g/mol. The van der Waals surface area contributed by atoms with E-state index in [1.165, 1.54) is 12.2 Å².